The molecule has 1 unspecified atom stereocenters. The highest BCUT2D eigenvalue weighted by atomic mass is 16.5. The van der Waals surface area contributed by atoms with Crippen LogP contribution in [0.25, 0.3) is 0 Å². The van der Waals surface area contributed by atoms with Crippen LogP contribution in [0.4, 0.5) is 5.69 Å². The minimum Gasteiger partial charge on any atom is -0.482 e. The molecular formula is C20H21N3O4. The molecule has 7 nitrogen and oxygen atoms in total. The van der Waals surface area contributed by atoms with Crippen molar-refractivity contribution in [1.82, 2.24) is 10.2 Å². The maximum absolute atomic E-state index is 12.8. The van der Waals surface area contributed by atoms with Crippen LogP contribution in [0.15, 0.2) is 48.5 Å². The molecule has 0 aromatic heterocycles. The summed E-state index contributed by atoms with van der Waals surface area (Å²) >= 11 is 0. The van der Waals surface area contributed by atoms with E-state index in [0.29, 0.717) is 17.0 Å². The molecule has 140 valence electrons. The Balaban J connectivity index is 1.81. The molecule has 0 radical (unpaired) electrons. The highest BCUT2D eigenvalue weighted by Crippen LogP contribution is 2.29. The molecule has 1 aliphatic rings. The van der Waals surface area contributed by atoms with Gasteiger partial charge in [0.2, 0.25) is 5.91 Å². The number of anilines is 1. The van der Waals surface area contributed by atoms with Crippen molar-refractivity contribution in [3.8, 4) is 5.75 Å². The molecule has 2 N–H and O–H groups in total. The third-order valence-electron chi connectivity index (χ3n) is 4.26. The quantitative estimate of drug-likeness (QED) is 0.846. The molecule has 0 saturated carbocycles. The molecule has 0 saturated heterocycles. The van der Waals surface area contributed by atoms with Crippen molar-refractivity contribution in [3.05, 3.63) is 59.7 Å². The molecular weight excluding hydrogens is 346 g/mol. The molecule has 0 spiro atoms. The van der Waals surface area contributed by atoms with Gasteiger partial charge < -0.3 is 20.3 Å². The van der Waals surface area contributed by atoms with Crippen LogP contribution in [0.1, 0.15) is 28.4 Å². The summed E-state index contributed by atoms with van der Waals surface area (Å²) in [4.78, 5) is 37.9. The van der Waals surface area contributed by atoms with Crippen molar-refractivity contribution in [2.24, 2.45) is 0 Å². The van der Waals surface area contributed by atoms with Gasteiger partial charge in [0.05, 0.1) is 18.2 Å². The number of benzene rings is 2. The zero-order valence-electron chi connectivity index (χ0n) is 15.2. The number of carbonyl (C=O) groups excluding carboxylic acids is 3. The van der Waals surface area contributed by atoms with Gasteiger partial charge >= 0.3 is 0 Å². The van der Waals surface area contributed by atoms with Gasteiger partial charge in [-0.3, -0.25) is 14.4 Å². The predicted octanol–water partition coefficient (Wildman–Crippen LogP) is 1.97. The summed E-state index contributed by atoms with van der Waals surface area (Å²) in [6, 6.07) is 13.7. The van der Waals surface area contributed by atoms with Gasteiger partial charge in [-0.25, -0.2) is 0 Å². The first-order valence-corrected chi connectivity index (χ1v) is 8.56. The largest absolute Gasteiger partial charge is 0.482 e. The van der Waals surface area contributed by atoms with Crippen LogP contribution in [-0.2, 0) is 9.59 Å². The summed E-state index contributed by atoms with van der Waals surface area (Å²) in [6.45, 7) is -0.0404. The van der Waals surface area contributed by atoms with E-state index in [1.807, 2.05) is 30.3 Å². The van der Waals surface area contributed by atoms with E-state index in [9.17, 15) is 14.4 Å². The highest BCUT2D eigenvalue weighted by molar-refractivity contribution is 6.00. The summed E-state index contributed by atoms with van der Waals surface area (Å²) < 4.78 is 5.31. The number of nitrogens with zero attached hydrogens (tertiary/aromatic N) is 1. The van der Waals surface area contributed by atoms with Crippen LogP contribution in [0, 0.1) is 0 Å². The van der Waals surface area contributed by atoms with E-state index in [4.69, 9.17) is 4.74 Å². The van der Waals surface area contributed by atoms with Crippen LogP contribution in [0.3, 0.4) is 0 Å². The summed E-state index contributed by atoms with van der Waals surface area (Å²) in [5.41, 5.74) is 1.67. The van der Waals surface area contributed by atoms with Gasteiger partial charge in [0.25, 0.3) is 11.8 Å². The van der Waals surface area contributed by atoms with Crippen LogP contribution in [-0.4, -0.2) is 43.3 Å². The molecule has 0 bridgehead atoms. The normalized spacial score (nSPS) is 13.6. The molecule has 2 aromatic carbocycles. The number of fused-ring (bicyclic) bond motifs is 1. The molecule has 27 heavy (non-hydrogen) atoms. The van der Waals surface area contributed by atoms with Gasteiger partial charge in [0.1, 0.15) is 5.75 Å². The van der Waals surface area contributed by atoms with E-state index < -0.39 is 6.04 Å². The topological polar surface area (TPSA) is 87.7 Å². The molecule has 7 heteroatoms. The van der Waals surface area contributed by atoms with Gasteiger partial charge in [0.15, 0.2) is 6.61 Å². The van der Waals surface area contributed by atoms with E-state index in [1.54, 1.807) is 32.3 Å². The average Bonchev–Trinajstić information content (AvgIpc) is 2.67. The number of amides is 3. The number of ether oxygens (including phenoxy) is 1. The lowest BCUT2D eigenvalue weighted by Crippen LogP contribution is -2.33. The molecule has 3 amide bonds. The standard InChI is InChI=1S/C20H21N3O4/c1-23(2)19(25)11-15(13-6-4-3-5-7-13)22-20(26)14-8-9-17-16(10-14)21-18(24)12-27-17/h3-10,15H,11-12H2,1-2H3,(H,21,24)(H,22,26). The SMILES string of the molecule is CN(C)C(=O)CC(NC(=O)c1ccc2c(c1)NC(=O)CO2)c1ccccc1. The van der Waals surface area contributed by atoms with E-state index in [-0.39, 0.29) is 30.7 Å². The monoisotopic (exact) mass is 367 g/mol. The first-order chi connectivity index (χ1) is 12.9. The Kier molecular flexibility index (Phi) is 5.40. The Hall–Kier alpha value is -3.35. The fourth-order valence-electron chi connectivity index (χ4n) is 2.76. The van der Waals surface area contributed by atoms with E-state index in [2.05, 4.69) is 10.6 Å². The smallest absolute Gasteiger partial charge is 0.262 e. The zero-order valence-corrected chi connectivity index (χ0v) is 15.2. The Morgan fingerprint density at radius 1 is 1.19 bits per heavy atom. The number of nitrogens with one attached hydrogen (secondary N) is 2. The second kappa shape index (κ2) is 7.90. The number of rotatable bonds is 5. The molecule has 0 aliphatic carbocycles. The first-order valence-electron chi connectivity index (χ1n) is 8.56. The van der Waals surface area contributed by atoms with Crippen molar-refractivity contribution in [3.63, 3.8) is 0 Å². The molecule has 0 fully saturated rings. The van der Waals surface area contributed by atoms with E-state index >= 15 is 0 Å². The number of hydrogen-bond donors (Lipinski definition) is 2. The Morgan fingerprint density at radius 3 is 2.63 bits per heavy atom. The lowest BCUT2D eigenvalue weighted by Gasteiger charge is -2.22. The van der Waals surface area contributed by atoms with Gasteiger partial charge in [-0.2, -0.15) is 0 Å². The summed E-state index contributed by atoms with van der Waals surface area (Å²) in [5.74, 6) is -0.166. The molecule has 1 atom stereocenters. The van der Waals surface area contributed by atoms with Gasteiger partial charge in [-0.1, -0.05) is 30.3 Å². The maximum atomic E-state index is 12.8. The van der Waals surface area contributed by atoms with Gasteiger partial charge in [-0.05, 0) is 23.8 Å². The zero-order chi connectivity index (χ0) is 19.4. The van der Waals surface area contributed by atoms with Crippen LogP contribution in [0.5, 0.6) is 5.75 Å². The minimum atomic E-state index is -0.463. The first kappa shape index (κ1) is 18.4. The number of carbonyl (C=O) groups is 3. The molecule has 1 heterocycles. The maximum Gasteiger partial charge on any atom is 0.262 e. The second-order valence-corrected chi connectivity index (χ2v) is 6.48. The van der Waals surface area contributed by atoms with Crippen LogP contribution < -0.4 is 15.4 Å². The van der Waals surface area contributed by atoms with Crippen molar-refractivity contribution in [1.29, 1.82) is 0 Å². The second-order valence-electron chi connectivity index (χ2n) is 6.48. The molecule has 3 rings (SSSR count). The minimum absolute atomic E-state index is 0.0404. The third kappa shape index (κ3) is 4.44. The predicted molar refractivity (Wildman–Crippen MR) is 101 cm³/mol. The lowest BCUT2D eigenvalue weighted by atomic mass is 10.0. The lowest BCUT2D eigenvalue weighted by molar-refractivity contribution is -0.129. The Bertz CT molecular complexity index is 865. The fourth-order valence-corrected chi connectivity index (χ4v) is 2.76. The highest BCUT2D eigenvalue weighted by Gasteiger charge is 2.22. The molecule has 2 aromatic rings. The third-order valence-corrected chi connectivity index (χ3v) is 4.26. The van der Waals surface area contributed by atoms with Crippen molar-refractivity contribution >= 4 is 23.4 Å². The van der Waals surface area contributed by atoms with E-state index in [1.165, 1.54) is 4.90 Å². The fraction of sp³-hybridized carbons (Fsp3) is 0.250. The van der Waals surface area contributed by atoms with Crippen LogP contribution in [0.2, 0.25) is 0 Å². The van der Waals surface area contributed by atoms with Crippen molar-refractivity contribution < 1.29 is 19.1 Å². The summed E-state index contributed by atoms with van der Waals surface area (Å²) in [6.07, 6.45) is 0.146. The number of hydrogen-bond acceptors (Lipinski definition) is 4. The molecule has 1 aliphatic heterocycles. The van der Waals surface area contributed by atoms with Gasteiger partial charge in [-0.15, -0.1) is 0 Å². The van der Waals surface area contributed by atoms with Crippen LogP contribution >= 0.6 is 0 Å². The van der Waals surface area contributed by atoms with Crippen molar-refractivity contribution in [2.45, 2.75) is 12.5 Å². The van der Waals surface area contributed by atoms with E-state index in [0.717, 1.165) is 5.56 Å². The summed E-state index contributed by atoms with van der Waals surface area (Å²) in [5, 5.41) is 5.60. The average molecular weight is 367 g/mol. The van der Waals surface area contributed by atoms with Gasteiger partial charge in [0, 0.05) is 19.7 Å². The van der Waals surface area contributed by atoms with Crippen molar-refractivity contribution in [2.75, 3.05) is 26.0 Å². The Labute approximate surface area is 157 Å². The Morgan fingerprint density at radius 2 is 1.93 bits per heavy atom. The summed E-state index contributed by atoms with van der Waals surface area (Å²) in [7, 11) is 3.36.